The van der Waals surface area contributed by atoms with E-state index < -0.39 is 11.5 Å². The zero-order chi connectivity index (χ0) is 15.5. The molecule has 6 nitrogen and oxygen atoms in total. The van der Waals surface area contributed by atoms with Gasteiger partial charge >= 0.3 is 0 Å². The number of hydrogen-bond donors (Lipinski definition) is 4. The first-order valence-electron chi connectivity index (χ1n) is 7.45. The van der Waals surface area contributed by atoms with Crippen LogP contribution in [0.25, 0.3) is 0 Å². The van der Waals surface area contributed by atoms with Gasteiger partial charge in [0.1, 0.15) is 5.82 Å². The summed E-state index contributed by atoms with van der Waals surface area (Å²) < 4.78 is 0. The molecule has 21 heavy (non-hydrogen) atoms. The van der Waals surface area contributed by atoms with Gasteiger partial charge < -0.3 is 21.9 Å². The lowest BCUT2D eigenvalue weighted by molar-refractivity contribution is 0.00221. The lowest BCUT2D eigenvalue weighted by atomic mass is 9.78. The first-order chi connectivity index (χ1) is 9.93. The molecule has 0 aliphatic heterocycles. The van der Waals surface area contributed by atoms with Crippen LogP contribution in [0.2, 0.25) is 0 Å². The maximum absolute atomic E-state index is 11.4. The number of primary amides is 1. The van der Waals surface area contributed by atoms with E-state index in [1.54, 1.807) is 0 Å². The maximum Gasteiger partial charge on any atom is 0.252 e. The van der Waals surface area contributed by atoms with Crippen LogP contribution in [0, 0.1) is 5.92 Å². The molecule has 0 radical (unpaired) electrons. The molecule has 1 saturated carbocycles. The summed E-state index contributed by atoms with van der Waals surface area (Å²) in [4.78, 5) is 15.5. The van der Waals surface area contributed by atoms with E-state index >= 15 is 0 Å². The van der Waals surface area contributed by atoms with Crippen molar-refractivity contribution in [2.45, 2.75) is 44.6 Å². The molecule has 0 unspecified atom stereocenters. The van der Waals surface area contributed by atoms with E-state index in [9.17, 15) is 9.90 Å². The summed E-state index contributed by atoms with van der Waals surface area (Å²) in [6.45, 7) is 2.55. The Morgan fingerprint density at radius 2 is 2.19 bits per heavy atom. The smallest absolute Gasteiger partial charge is 0.252 e. The third-order valence-electron chi connectivity index (χ3n) is 4.37. The number of aromatic nitrogens is 1. The minimum atomic E-state index is -0.746. The largest absolute Gasteiger partial charge is 0.397 e. The predicted octanol–water partition coefficient (Wildman–Crippen LogP) is 1.51. The molecule has 6 N–H and O–H groups in total. The lowest BCUT2D eigenvalue weighted by Gasteiger charge is -2.36. The fourth-order valence-corrected chi connectivity index (χ4v) is 2.86. The van der Waals surface area contributed by atoms with Crippen LogP contribution >= 0.6 is 0 Å². The van der Waals surface area contributed by atoms with Crippen LogP contribution in [0.4, 0.5) is 11.5 Å². The Bertz CT molecular complexity index is 510. The molecule has 1 aromatic heterocycles. The van der Waals surface area contributed by atoms with Gasteiger partial charge in [-0.2, -0.15) is 0 Å². The Morgan fingerprint density at radius 1 is 1.52 bits per heavy atom. The van der Waals surface area contributed by atoms with Gasteiger partial charge in [-0.05, 0) is 37.7 Å². The van der Waals surface area contributed by atoms with Crippen LogP contribution in [0.1, 0.15) is 49.4 Å². The van der Waals surface area contributed by atoms with Crippen molar-refractivity contribution in [2.24, 2.45) is 11.7 Å². The number of nitrogens with two attached hydrogens (primary N) is 2. The zero-order valence-electron chi connectivity index (χ0n) is 12.4. The van der Waals surface area contributed by atoms with Gasteiger partial charge in [-0.15, -0.1) is 0 Å². The van der Waals surface area contributed by atoms with E-state index in [1.807, 2.05) is 0 Å². The molecular weight excluding hydrogens is 268 g/mol. The van der Waals surface area contributed by atoms with Crippen LogP contribution in [-0.4, -0.2) is 28.1 Å². The molecular formula is C15H24N4O2. The van der Waals surface area contributed by atoms with Gasteiger partial charge in [0.2, 0.25) is 0 Å². The molecule has 1 heterocycles. The van der Waals surface area contributed by atoms with Gasteiger partial charge in [-0.3, -0.25) is 4.79 Å². The van der Waals surface area contributed by atoms with E-state index in [1.165, 1.54) is 12.3 Å². The van der Waals surface area contributed by atoms with Gasteiger partial charge in [0.15, 0.2) is 0 Å². The normalized spacial score (nSPS) is 25.5. The Hall–Kier alpha value is -1.82. The first-order valence-corrected chi connectivity index (χ1v) is 7.45. The first kappa shape index (κ1) is 15.6. The van der Waals surface area contributed by atoms with Crippen molar-refractivity contribution >= 4 is 17.4 Å². The van der Waals surface area contributed by atoms with Crippen LogP contribution < -0.4 is 16.8 Å². The van der Waals surface area contributed by atoms with E-state index in [4.69, 9.17) is 11.5 Å². The van der Waals surface area contributed by atoms with E-state index in [-0.39, 0.29) is 5.56 Å². The Kier molecular flexibility index (Phi) is 4.67. The SMILES string of the molecule is CCC1CCC(O)(CNc2ncc(N)cc2C(N)=O)CC1. The highest BCUT2D eigenvalue weighted by atomic mass is 16.3. The molecule has 1 aliphatic rings. The van der Waals surface area contributed by atoms with Crippen molar-refractivity contribution in [2.75, 3.05) is 17.6 Å². The summed E-state index contributed by atoms with van der Waals surface area (Å²) in [5.74, 6) is 0.503. The van der Waals surface area contributed by atoms with Crippen molar-refractivity contribution < 1.29 is 9.90 Å². The van der Waals surface area contributed by atoms with E-state index in [2.05, 4.69) is 17.2 Å². The van der Waals surface area contributed by atoms with Crippen molar-refractivity contribution in [1.82, 2.24) is 4.98 Å². The average Bonchev–Trinajstić information content (AvgIpc) is 2.47. The fraction of sp³-hybridized carbons (Fsp3) is 0.600. The quantitative estimate of drug-likeness (QED) is 0.656. The van der Waals surface area contributed by atoms with Crippen LogP contribution in [-0.2, 0) is 0 Å². The van der Waals surface area contributed by atoms with Gasteiger partial charge in [0.05, 0.1) is 23.0 Å². The fourth-order valence-electron chi connectivity index (χ4n) is 2.86. The van der Waals surface area contributed by atoms with Crippen LogP contribution in [0.3, 0.4) is 0 Å². The second-order valence-electron chi connectivity index (χ2n) is 5.96. The number of nitrogen functional groups attached to an aromatic ring is 1. The van der Waals surface area contributed by atoms with Crippen molar-refractivity contribution in [3.8, 4) is 0 Å². The number of rotatable bonds is 5. The van der Waals surface area contributed by atoms with Crippen molar-refractivity contribution in [3.05, 3.63) is 17.8 Å². The summed E-state index contributed by atoms with van der Waals surface area (Å²) in [5.41, 5.74) is 10.8. The second-order valence-corrected chi connectivity index (χ2v) is 5.96. The number of aliphatic hydroxyl groups is 1. The molecule has 1 aromatic rings. The summed E-state index contributed by atoms with van der Waals surface area (Å²) >= 11 is 0. The van der Waals surface area contributed by atoms with Crippen molar-refractivity contribution in [3.63, 3.8) is 0 Å². The van der Waals surface area contributed by atoms with Gasteiger partial charge in [0, 0.05) is 6.54 Å². The number of carbonyl (C=O) groups is 1. The average molecular weight is 292 g/mol. The second kappa shape index (κ2) is 6.30. The highest BCUT2D eigenvalue weighted by Crippen LogP contribution is 2.33. The summed E-state index contributed by atoms with van der Waals surface area (Å²) in [6, 6.07) is 1.50. The molecule has 0 atom stereocenters. The Morgan fingerprint density at radius 3 is 2.76 bits per heavy atom. The zero-order valence-corrected chi connectivity index (χ0v) is 12.4. The molecule has 0 spiro atoms. The number of hydrogen-bond acceptors (Lipinski definition) is 5. The molecule has 2 rings (SSSR count). The number of amides is 1. The number of nitrogens with one attached hydrogen (secondary N) is 1. The highest BCUT2D eigenvalue weighted by molar-refractivity contribution is 5.98. The van der Waals surface area contributed by atoms with E-state index in [0.717, 1.165) is 32.1 Å². The highest BCUT2D eigenvalue weighted by Gasteiger charge is 2.32. The van der Waals surface area contributed by atoms with Gasteiger partial charge in [-0.1, -0.05) is 13.3 Å². The minimum Gasteiger partial charge on any atom is -0.397 e. The number of carbonyl (C=O) groups excluding carboxylic acids is 1. The summed E-state index contributed by atoms with van der Waals surface area (Å²) in [6.07, 6.45) is 6.22. The summed E-state index contributed by atoms with van der Waals surface area (Å²) in [7, 11) is 0. The van der Waals surface area contributed by atoms with Gasteiger partial charge in [-0.25, -0.2) is 4.98 Å². The number of pyridine rings is 1. The lowest BCUT2D eigenvalue weighted by Crippen LogP contribution is -2.41. The molecule has 1 amide bonds. The molecule has 6 heteroatoms. The molecule has 0 bridgehead atoms. The molecule has 1 fully saturated rings. The Labute approximate surface area is 124 Å². The topological polar surface area (TPSA) is 114 Å². The summed E-state index contributed by atoms with van der Waals surface area (Å²) in [5, 5.41) is 13.6. The number of nitrogens with zero attached hydrogens (tertiary/aromatic N) is 1. The number of anilines is 2. The Balaban J connectivity index is 2.01. The molecule has 0 aromatic carbocycles. The van der Waals surface area contributed by atoms with E-state index in [0.29, 0.717) is 24.0 Å². The predicted molar refractivity (Wildman–Crippen MR) is 82.9 cm³/mol. The standard InChI is InChI=1S/C15H24N4O2/c1-2-10-3-5-15(21,6-4-10)9-19-14-12(13(17)20)7-11(16)8-18-14/h7-8,10,21H,2-6,9,16H2,1H3,(H2,17,20)(H,18,19). The maximum atomic E-state index is 11.4. The third kappa shape index (κ3) is 3.85. The third-order valence-corrected chi connectivity index (χ3v) is 4.37. The van der Waals surface area contributed by atoms with Crippen LogP contribution in [0.5, 0.6) is 0 Å². The minimum absolute atomic E-state index is 0.251. The monoisotopic (exact) mass is 292 g/mol. The molecule has 1 aliphatic carbocycles. The molecule has 0 saturated heterocycles. The van der Waals surface area contributed by atoms with Crippen LogP contribution in [0.15, 0.2) is 12.3 Å². The van der Waals surface area contributed by atoms with Crippen molar-refractivity contribution in [1.29, 1.82) is 0 Å². The van der Waals surface area contributed by atoms with Gasteiger partial charge in [0.25, 0.3) is 5.91 Å². The molecule has 116 valence electrons.